The SMILES string of the molecule is CC(C)c1ccc(COc2nccc(N)n2)cc1. The van der Waals surface area contributed by atoms with Crippen LogP contribution < -0.4 is 10.5 Å². The zero-order valence-electron chi connectivity index (χ0n) is 10.6. The number of benzene rings is 1. The molecular formula is C14H17N3O. The van der Waals surface area contributed by atoms with Gasteiger partial charge in [0.05, 0.1) is 0 Å². The summed E-state index contributed by atoms with van der Waals surface area (Å²) < 4.78 is 5.47. The van der Waals surface area contributed by atoms with Crippen LogP contribution in [0.2, 0.25) is 0 Å². The number of rotatable bonds is 4. The Morgan fingerprint density at radius 2 is 1.89 bits per heavy atom. The van der Waals surface area contributed by atoms with Gasteiger partial charge in [-0.25, -0.2) is 4.98 Å². The summed E-state index contributed by atoms with van der Waals surface area (Å²) in [5.74, 6) is 0.951. The Balaban J connectivity index is 1.98. The molecule has 0 amide bonds. The van der Waals surface area contributed by atoms with Gasteiger partial charge in [0.1, 0.15) is 12.4 Å². The topological polar surface area (TPSA) is 61.0 Å². The summed E-state index contributed by atoms with van der Waals surface area (Å²) in [6, 6.07) is 10.3. The number of aromatic nitrogens is 2. The lowest BCUT2D eigenvalue weighted by molar-refractivity contribution is 0.281. The first-order valence-electron chi connectivity index (χ1n) is 5.95. The molecule has 94 valence electrons. The maximum atomic E-state index is 5.55. The van der Waals surface area contributed by atoms with Gasteiger partial charge in [0.15, 0.2) is 0 Å². The van der Waals surface area contributed by atoms with Gasteiger partial charge in [0, 0.05) is 6.20 Å². The Labute approximate surface area is 107 Å². The van der Waals surface area contributed by atoms with Crippen molar-refractivity contribution >= 4 is 5.82 Å². The summed E-state index contributed by atoms with van der Waals surface area (Å²) in [5.41, 5.74) is 7.96. The highest BCUT2D eigenvalue weighted by molar-refractivity contribution is 5.27. The third-order valence-corrected chi connectivity index (χ3v) is 2.67. The van der Waals surface area contributed by atoms with Crippen molar-refractivity contribution in [2.24, 2.45) is 0 Å². The molecule has 0 aliphatic heterocycles. The predicted molar refractivity (Wildman–Crippen MR) is 71.3 cm³/mol. The van der Waals surface area contributed by atoms with E-state index < -0.39 is 0 Å². The van der Waals surface area contributed by atoms with Crippen molar-refractivity contribution in [3.05, 3.63) is 47.7 Å². The summed E-state index contributed by atoms with van der Waals surface area (Å²) in [6.45, 7) is 4.79. The van der Waals surface area contributed by atoms with E-state index in [1.165, 1.54) is 5.56 Å². The molecule has 2 N–H and O–H groups in total. The van der Waals surface area contributed by atoms with E-state index in [2.05, 4.69) is 48.1 Å². The van der Waals surface area contributed by atoms with Crippen LogP contribution >= 0.6 is 0 Å². The Bertz CT molecular complexity index is 509. The van der Waals surface area contributed by atoms with Crippen LogP contribution in [0.25, 0.3) is 0 Å². The fraction of sp³-hybridized carbons (Fsp3) is 0.286. The standard InChI is InChI=1S/C14H17N3O/c1-10(2)12-5-3-11(4-6-12)9-18-14-16-8-7-13(15)17-14/h3-8,10H,9H2,1-2H3,(H2,15,16,17). The molecule has 1 aromatic carbocycles. The van der Waals surface area contributed by atoms with E-state index in [-0.39, 0.29) is 0 Å². The maximum absolute atomic E-state index is 5.55. The smallest absolute Gasteiger partial charge is 0.318 e. The average molecular weight is 243 g/mol. The van der Waals surface area contributed by atoms with Crippen LogP contribution in [0.1, 0.15) is 30.9 Å². The number of nitrogen functional groups attached to an aromatic ring is 1. The van der Waals surface area contributed by atoms with Crippen molar-refractivity contribution in [2.75, 3.05) is 5.73 Å². The highest BCUT2D eigenvalue weighted by atomic mass is 16.5. The molecule has 2 aromatic rings. The van der Waals surface area contributed by atoms with E-state index in [0.717, 1.165) is 5.56 Å². The molecule has 18 heavy (non-hydrogen) atoms. The molecule has 4 nitrogen and oxygen atoms in total. The third kappa shape index (κ3) is 3.20. The molecule has 1 heterocycles. The quantitative estimate of drug-likeness (QED) is 0.897. The van der Waals surface area contributed by atoms with Crippen molar-refractivity contribution in [3.63, 3.8) is 0 Å². The number of hydrogen-bond donors (Lipinski definition) is 1. The summed E-state index contributed by atoms with van der Waals surface area (Å²) in [6.07, 6.45) is 1.58. The average Bonchev–Trinajstić information content (AvgIpc) is 2.37. The van der Waals surface area contributed by atoms with Gasteiger partial charge < -0.3 is 10.5 Å². The van der Waals surface area contributed by atoms with Crippen molar-refractivity contribution in [3.8, 4) is 6.01 Å². The van der Waals surface area contributed by atoms with Crippen molar-refractivity contribution in [2.45, 2.75) is 26.4 Å². The second kappa shape index (κ2) is 5.49. The van der Waals surface area contributed by atoms with Crippen LogP contribution in [0.4, 0.5) is 5.82 Å². The fourth-order valence-electron chi connectivity index (χ4n) is 1.57. The van der Waals surface area contributed by atoms with E-state index in [0.29, 0.717) is 24.4 Å². The fourth-order valence-corrected chi connectivity index (χ4v) is 1.57. The molecule has 2 rings (SSSR count). The molecule has 0 aliphatic carbocycles. The normalized spacial score (nSPS) is 10.6. The van der Waals surface area contributed by atoms with Crippen molar-refractivity contribution < 1.29 is 4.74 Å². The summed E-state index contributed by atoms with van der Waals surface area (Å²) >= 11 is 0. The van der Waals surface area contributed by atoms with Gasteiger partial charge in [-0.1, -0.05) is 38.1 Å². The van der Waals surface area contributed by atoms with Crippen LogP contribution in [0.15, 0.2) is 36.5 Å². The minimum absolute atomic E-state index is 0.308. The van der Waals surface area contributed by atoms with Gasteiger partial charge in [-0.05, 0) is 23.1 Å². The van der Waals surface area contributed by atoms with Crippen molar-refractivity contribution in [1.82, 2.24) is 9.97 Å². The Kier molecular flexibility index (Phi) is 3.77. The third-order valence-electron chi connectivity index (χ3n) is 2.67. The number of nitrogens with two attached hydrogens (primary N) is 1. The van der Waals surface area contributed by atoms with Gasteiger partial charge in [0.25, 0.3) is 0 Å². The van der Waals surface area contributed by atoms with Crippen molar-refractivity contribution in [1.29, 1.82) is 0 Å². The number of ether oxygens (including phenoxy) is 1. The van der Waals surface area contributed by atoms with E-state index >= 15 is 0 Å². The Morgan fingerprint density at radius 3 is 2.50 bits per heavy atom. The largest absolute Gasteiger partial charge is 0.459 e. The van der Waals surface area contributed by atoms with Crippen LogP contribution in [-0.4, -0.2) is 9.97 Å². The highest BCUT2D eigenvalue weighted by Gasteiger charge is 2.01. The predicted octanol–water partition coefficient (Wildman–Crippen LogP) is 2.76. The zero-order chi connectivity index (χ0) is 13.0. The molecule has 1 aromatic heterocycles. The molecule has 0 saturated carbocycles. The molecule has 0 atom stereocenters. The highest BCUT2D eigenvalue weighted by Crippen LogP contribution is 2.15. The van der Waals surface area contributed by atoms with Crippen LogP contribution in [0, 0.1) is 0 Å². The molecule has 0 bridgehead atoms. The first-order valence-corrected chi connectivity index (χ1v) is 5.95. The van der Waals surface area contributed by atoms with Crippen LogP contribution in [0.3, 0.4) is 0 Å². The minimum atomic E-state index is 0.308. The molecule has 0 saturated heterocycles. The summed E-state index contributed by atoms with van der Waals surface area (Å²) in [4.78, 5) is 7.97. The molecular weight excluding hydrogens is 226 g/mol. The number of anilines is 1. The first kappa shape index (κ1) is 12.4. The second-order valence-electron chi connectivity index (χ2n) is 4.45. The Morgan fingerprint density at radius 1 is 1.17 bits per heavy atom. The van der Waals surface area contributed by atoms with Crippen LogP contribution in [-0.2, 0) is 6.61 Å². The molecule has 0 unspecified atom stereocenters. The van der Waals surface area contributed by atoms with Crippen LogP contribution in [0.5, 0.6) is 6.01 Å². The Hall–Kier alpha value is -2.10. The van der Waals surface area contributed by atoms with E-state index in [1.54, 1.807) is 12.3 Å². The molecule has 0 radical (unpaired) electrons. The minimum Gasteiger partial charge on any atom is -0.459 e. The van der Waals surface area contributed by atoms with E-state index in [9.17, 15) is 0 Å². The lowest BCUT2D eigenvalue weighted by atomic mass is 10.0. The number of nitrogens with zero attached hydrogens (tertiary/aromatic N) is 2. The summed E-state index contributed by atoms with van der Waals surface area (Å²) in [5, 5.41) is 0. The lowest BCUT2D eigenvalue weighted by Crippen LogP contribution is -2.01. The van der Waals surface area contributed by atoms with E-state index in [4.69, 9.17) is 10.5 Å². The zero-order valence-corrected chi connectivity index (χ0v) is 10.6. The molecule has 0 aliphatic rings. The first-order chi connectivity index (χ1) is 8.65. The number of hydrogen-bond acceptors (Lipinski definition) is 4. The second-order valence-corrected chi connectivity index (χ2v) is 4.45. The monoisotopic (exact) mass is 243 g/mol. The van der Waals surface area contributed by atoms with Gasteiger partial charge in [-0.3, -0.25) is 0 Å². The van der Waals surface area contributed by atoms with Gasteiger partial charge in [-0.2, -0.15) is 4.98 Å². The van der Waals surface area contributed by atoms with Gasteiger partial charge >= 0.3 is 6.01 Å². The maximum Gasteiger partial charge on any atom is 0.318 e. The van der Waals surface area contributed by atoms with E-state index in [1.807, 2.05) is 0 Å². The van der Waals surface area contributed by atoms with Gasteiger partial charge in [-0.15, -0.1) is 0 Å². The molecule has 4 heteroatoms. The lowest BCUT2D eigenvalue weighted by Gasteiger charge is -2.07. The molecule has 0 fully saturated rings. The molecule has 0 spiro atoms. The summed E-state index contributed by atoms with van der Waals surface area (Å²) in [7, 11) is 0. The van der Waals surface area contributed by atoms with Gasteiger partial charge in [0.2, 0.25) is 0 Å².